The van der Waals surface area contributed by atoms with E-state index in [9.17, 15) is 0 Å². The number of nitrogens with zero attached hydrogens (tertiary/aromatic N) is 2. The van der Waals surface area contributed by atoms with Crippen molar-refractivity contribution in [2.45, 2.75) is 19.7 Å². The summed E-state index contributed by atoms with van der Waals surface area (Å²) in [5, 5.41) is 4.66. The molecule has 0 fully saturated rings. The van der Waals surface area contributed by atoms with E-state index in [1.807, 2.05) is 7.85 Å². The Kier molecular flexibility index (Phi) is 14.8. The minimum absolute atomic E-state index is 0.549. The van der Waals surface area contributed by atoms with Gasteiger partial charge in [0.1, 0.15) is 23.5 Å². The third kappa shape index (κ3) is 8.50. The summed E-state index contributed by atoms with van der Waals surface area (Å²) in [6, 6.07) is 17.7. The van der Waals surface area contributed by atoms with Crippen LogP contribution in [0.1, 0.15) is 12.5 Å². The summed E-state index contributed by atoms with van der Waals surface area (Å²) in [4.78, 5) is 5.35. The Morgan fingerprint density at radius 2 is 1.17 bits per heavy atom. The molecule has 0 amide bonds. The molecule has 5 aromatic carbocycles. The summed E-state index contributed by atoms with van der Waals surface area (Å²) in [6.45, 7) is 2.20. The molecule has 0 bridgehead atoms. The van der Waals surface area contributed by atoms with Gasteiger partial charge in [0, 0.05) is 0 Å². The molecule has 0 saturated heterocycles. The number of imidazole rings is 1. The van der Waals surface area contributed by atoms with Crippen LogP contribution in [0.4, 0.5) is 0 Å². The van der Waals surface area contributed by atoms with Crippen LogP contribution >= 0.6 is 0 Å². The van der Waals surface area contributed by atoms with E-state index < -0.39 is 0 Å². The molecule has 0 aliphatic heterocycles. The number of benzene rings is 5. The van der Waals surface area contributed by atoms with E-state index in [2.05, 4.69) is 197 Å². The molecule has 0 aliphatic carbocycles. The van der Waals surface area contributed by atoms with Gasteiger partial charge in [-0.1, -0.05) is 0 Å². The van der Waals surface area contributed by atoms with Crippen LogP contribution in [-0.2, 0) is 6.42 Å². The predicted octanol–water partition coefficient (Wildman–Crippen LogP) is -14.7. The first-order valence-electron chi connectivity index (χ1n) is 23.2. The first-order chi connectivity index (χ1) is 30.7. The number of hydrogen-bond donors (Lipinski definition) is 0. The average Bonchev–Trinajstić information content (AvgIpc) is 3.69. The minimum atomic E-state index is 0.549. The maximum absolute atomic E-state index is 6.63. The molecule has 6 aromatic rings. The van der Waals surface area contributed by atoms with Gasteiger partial charge in [-0.05, 0) is 0 Å². The second-order valence-corrected chi connectivity index (χ2v) is 18.8. The zero-order chi connectivity index (χ0) is 48.1. The second kappa shape index (κ2) is 19.4. The van der Waals surface area contributed by atoms with Crippen molar-refractivity contribution >= 4 is 217 Å². The molecule has 65 heavy (non-hydrogen) atoms. The van der Waals surface area contributed by atoms with E-state index in [0.29, 0.717) is 6.42 Å². The average molecular weight is 816 g/mol. The van der Waals surface area contributed by atoms with Crippen molar-refractivity contribution in [2.24, 2.45) is 0 Å². The number of rotatable bonds is 9. The molecule has 0 N–H and O–H groups in total. The van der Waals surface area contributed by atoms with Gasteiger partial charge in [-0.2, -0.15) is 0 Å². The van der Waals surface area contributed by atoms with E-state index >= 15 is 0 Å². The molecule has 1 aromatic heterocycles. The molecule has 0 saturated carbocycles. The molecule has 0 aliphatic rings. The molecular formula is C45H52B18N2. The van der Waals surface area contributed by atoms with E-state index in [4.69, 9.17) is 25.3 Å². The van der Waals surface area contributed by atoms with Crippen LogP contribution in [0, 0.1) is 29.8 Å². The van der Waals surface area contributed by atoms with Crippen LogP contribution in [-0.4, -0.2) is 150 Å². The van der Waals surface area contributed by atoms with Crippen LogP contribution in [0.5, 0.6) is 0 Å². The van der Waals surface area contributed by atoms with Gasteiger partial charge in [0.25, 0.3) is 0 Å². The summed E-state index contributed by atoms with van der Waals surface area (Å²) in [6.07, 6.45) is 14.2. The summed E-state index contributed by atoms with van der Waals surface area (Å²) in [5.74, 6) is 7.06. The topological polar surface area (TPSA) is 17.8 Å². The molecule has 6 rings (SSSR count). The number of allylic oxidation sites excluding steroid dienone is 8. The molecule has 20 heteroatoms. The van der Waals surface area contributed by atoms with Gasteiger partial charge in [-0.15, -0.1) is 5.46 Å². The van der Waals surface area contributed by atoms with Gasteiger partial charge in [-0.25, -0.2) is 0 Å². The number of hydrogen-bond acceptors (Lipinski definition) is 1. The Bertz CT molecular complexity index is 3350. The normalized spacial score (nSPS) is 13.6. The van der Waals surface area contributed by atoms with Crippen molar-refractivity contribution in [3.05, 3.63) is 108 Å². The standard InChI is InChI=1S/C45H52B18N2/c1-4-17(26(32(52)21(48)5-2)33(53)22(49)15-46)14-20-27-28(35(55)38(58)37(57)34(27)54)25(29(31(20)51)36(56)30(50)16(3)47)18-10-12-19(13-11-18)45-64-23-8-6-7-9-24(23)65(45)44-42(62)40(60)39(59)41(61)43(44)63/h1-2,6-13,51H,14-15,46-50,52-63H2,3H3/b26-17+,30-16-,32-21-,33-22-,36-29+. The quantitative estimate of drug-likeness (QED) is 0.0808. The van der Waals surface area contributed by atoms with Gasteiger partial charge in [0.2, 0.25) is 0 Å². The number of terminal acetylenes is 2. The van der Waals surface area contributed by atoms with Crippen LogP contribution in [0.15, 0.2) is 92.5 Å². The Morgan fingerprint density at radius 1 is 0.646 bits per heavy atom. The van der Waals surface area contributed by atoms with Gasteiger partial charge in [-0.3, -0.25) is 0 Å². The van der Waals surface area contributed by atoms with Gasteiger partial charge >= 0.3 is 379 Å². The molecule has 296 valence electrons. The Morgan fingerprint density at radius 3 is 1.71 bits per heavy atom. The predicted molar refractivity (Wildman–Crippen MR) is 340 cm³/mol. The van der Waals surface area contributed by atoms with Crippen LogP contribution in [0.25, 0.3) is 55.5 Å². The van der Waals surface area contributed by atoms with E-state index in [-0.39, 0.29) is 0 Å². The molecule has 2 nitrogen and oxygen atoms in total. The molecule has 0 atom stereocenters. The molecule has 0 spiro atoms. The first-order valence-corrected chi connectivity index (χ1v) is 23.2. The third-order valence-corrected chi connectivity index (χ3v) is 15.5. The first kappa shape index (κ1) is 49.4. The van der Waals surface area contributed by atoms with Crippen molar-refractivity contribution in [3.8, 4) is 52.9 Å². The van der Waals surface area contributed by atoms with Gasteiger partial charge in [0.15, 0.2) is 0 Å². The fraction of sp³-hybridized carbons (Fsp3) is 0.0667. The van der Waals surface area contributed by atoms with E-state index in [0.717, 1.165) is 66.7 Å². The van der Waals surface area contributed by atoms with Crippen molar-refractivity contribution < 1.29 is 0 Å². The molecule has 0 unspecified atom stereocenters. The molecule has 0 radical (unpaired) electrons. The van der Waals surface area contributed by atoms with Crippen molar-refractivity contribution in [2.75, 3.05) is 0 Å². The number of fused-ring (bicyclic) bond motifs is 2. The van der Waals surface area contributed by atoms with Crippen LogP contribution in [0.3, 0.4) is 0 Å². The van der Waals surface area contributed by atoms with E-state index in [1.54, 1.807) is 0 Å². The number of aromatic nitrogens is 2. The zero-order valence-electron chi connectivity index (χ0n) is 42.8. The van der Waals surface area contributed by atoms with Gasteiger partial charge < -0.3 is 0 Å². The summed E-state index contributed by atoms with van der Waals surface area (Å²) >= 11 is 0. The molecule has 1 heterocycles. The maximum atomic E-state index is 6.63. The zero-order valence-corrected chi connectivity index (χ0v) is 42.8. The van der Waals surface area contributed by atoms with Crippen molar-refractivity contribution in [3.63, 3.8) is 0 Å². The van der Waals surface area contributed by atoms with Crippen LogP contribution < -0.4 is 54.4 Å². The fourth-order valence-electron chi connectivity index (χ4n) is 9.98. The Balaban J connectivity index is 1.78. The fourth-order valence-corrected chi connectivity index (χ4v) is 9.98. The van der Waals surface area contributed by atoms with Gasteiger partial charge in [0.05, 0.1) is 0 Å². The monoisotopic (exact) mass is 819 g/mol. The van der Waals surface area contributed by atoms with Crippen LogP contribution in [0.2, 0.25) is 6.32 Å². The second-order valence-electron chi connectivity index (χ2n) is 18.8. The third-order valence-electron chi connectivity index (χ3n) is 15.5. The Labute approximate surface area is 405 Å². The summed E-state index contributed by atoms with van der Waals surface area (Å²) in [7, 11) is 42.8. The Hall–Kier alpha value is -5.05. The van der Waals surface area contributed by atoms with Crippen molar-refractivity contribution in [1.29, 1.82) is 0 Å². The number of para-hydroxylation sites is 2. The van der Waals surface area contributed by atoms with Crippen molar-refractivity contribution in [1.82, 2.24) is 9.55 Å². The molecular weight excluding hydrogens is 763 g/mol. The SMILES string of the molecule is B=c1c(C/C(C#C)=C(C(\B)=C(\B)C#C)/C(B)=C(/B)CB)c2c(B)c(B)c(B)c(B)c2c(-c2ccc(-c3nc4ccccc4n3-c3c(B)c(B)c(B)c(B)c3B)cc2)/c1=C(B)/C(B)=C(/B)C. The van der Waals surface area contributed by atoms with E-state index in [1.165, 1.54) is 104 Å². The summed E-state index contributed by atoms with van der Waals surface area (Å²) < 4.78 is 2.39. The summed E-state index contributed by atoms with van der Waals surface area (Å²) in [5.41, 5.74) is 29.7.